The van der Waals surface area contributed by atoms with Gasteiger partial charge in [-0.25, -0.2) is 14.8 Å². The molecule has 0 fully saturated rings. The topological polar surface area (TPSA) is 93.9 Å². The van der Waals surface area contributed by atoms with E-state index in [1.807, 2.05) is 0 Å². The summed E-state index contributed by atoms with van der Waals surface area (Å²) in [6, 6.07) is 11.8. The fourth-order valence-corrected chi connectivity index (χ4v) is 2.78. The molecule has 0 atom stereocenters. The van der Waals surface area contributed by atoms with Gasteiger partial charge in [0.25, 0.3) is 0 Å². The maximum Gasteiger partial charge on any atom is 0.416 e. The summed E-state index contributed by atoms with van der Waals surface area (Å²) in [4.78, 5) is 21.9. The van der Waals surface area contributed by atoms with Crippen LogP contribution in [0.1, 0.15) is 11.1 Å². The van der Waals surface area contributed by atoms with Crippen molar-refractivity contribution in [1.82, 2.24) is 9.97 Å². The van der Waals surface area contributed by atoms with E-state index in [4.69, 9.17) is 16.9 Å². The molecule has 7 nitrogen and oxygen atoms in total. The van der Waals surface area contributed by atoms with Gasteiger partial charge in [0.05, 0.1) is 17.2 Å². The summed E-state index contributed by atoms with van der Waals surface area (Å²) >= 11 is 5.80. The molecule has 0 spiro atoms. The zero-order valence-corrected chi connectivity index (χ0v) is 16.7. The number of nitriles is 1. The Balaban J connectivity index is 1.70. The van der Waals surface area contributed by atoms with Crippen LogP contribution in [-0.2, 0) is 6.18 Å². The Morgan fingerprint density at radius 2 is 1.77 bits per heavy atom. The van der Waals surface area contributed by atoms with Gasteiger partial charge in [0.2, 0.25) is 5.28 Å². The number of carbonyl (C=O) groups excluding carboxylic acids is 1. The van der Waals surface area contributed by atoms with Gasteiger partial charge in [-0.1, -0.05) is 0 Å². The highest BCUT2D eigenvalue weighted by atomic mass is 35.5. The Morgan fingerprint density at radius 3 is 2.39 bits per heavy atom. The highest BCUT2D eigenvalue weighted by molar-refractivity contribution is 6.28. The minimum absolute atomic E-state index is 0.105. The number of carbonyl (C=O) groups is 1. The fourth-order valence-electron chi connectivity index (χ4n) is 2.63. The molecule has 0 saturated carbocycles. The molecule has 31 heavy (non-hydrogen) atoms. The van der Waals surface area contributed by atoms with Crippen LogP contribution in [0, 0.1) is 11.3 Å². The van der Waals surface area contributed by atoms with E-state index >= 15 is 0 Å². The zero-order valence-electron chi connectivity index (χ0n) is 15.9. The summed E-state index contributed by atoms with van der Waals surface area (Å²) in [6.45, 7) is 0. The molecule has 2 aromatic carbocycles. The van der Waals surface area contributed by atoms with Crippen molar-refractivity contribution in [2.24, 2.45) is 0 Å². The van der Waals surface area contributed by atoms with Crippen molar-refractivity contribution in [3.63, 3.8) is 0 Å². The van der Waals surface area contributed by atoms with Crippen molar-refractivity contribution >= 4 is 40.5 Å². The van der Waals surface area contributed by atoms with Gasteiger partial charge in [0.15, 0.2) is 0 Å². The molecular weight excluding hydrogens is 433 g/mol. The molecule has 0 aliphatic carbocycles. The average Bonchev–Trinajstić information content (AvgIpc) is 2.72. The molecule has 1 heterocycles. The van der Waals surface area contributed by atoms with Crippen molar-refractivity contribution in [2.45, 2.75) is 6.18 Å². The van der Waals surface area contributed by atoms with Crippen LogP contribution in [0.25, 0.3) is 0 Å². The van der Waals surface area contributed by atoms with Crippen LogP contribution in [0.4, 0.5) is 40.8 Å². The number of nitrogens with zero attached hydrogens (tertiary/aromatic N) is 4. The lowest BCUT2D eigenvalue weighted by atomic mass is 10.1. The van der Waals surface area contributed by atoms with Crippen molar-refractivity contribution < 1.29 is 18.0 Å². The number of hydrogen-bond donors (Lipinski definition) is 2. The zero-order chi connectivity index (χ0) is 22.6. The molecule has 1 aromatic heterocycles. The van der Waals surface area contributed by atoms with Gasteiger partial charge in [0.1, 0.15) is 5.82 Å². The Labute approximate surface area is 180 Å². The van der Waals surface area contributed by atoms with Crippen LogP contribution < -0.4 is 15.5 Å². The summed E-state index contributed by atoms with van der Waals surface area (Å²) in [5, 5.41) is 13.9. The number of anilines is 4. The summed E-state index contributed by atoms with van der Waals surface area (Å²) < 4.78 is 38.9. The van der Waals surface area contributed by atoms with Crippen molar-refractivity contribution in [3.8, 4) is 6.07 Å². The van der Waals surface area contributed by atoms with E-state index in [9.17, 15) is 18.0 Å². The number of nitrogens with one attached hydrogen (secondary N) is 2. The number of hydrogen-bond acceptors (Lipinski definition) is 5. The first kappa shape index (κ1) is 21.9. The fraction of sp³-hybridized carbons (Fsp3) is 0.100. The van der Waals surface area contributed by atoms with E-state index in [0.717, 1.165) is 17.8 Å². The number of alkyl halides is 3. The third kappa shape index (κ3) is 5.61. The molecule has 2 N–H and O–H groups in total. The van der Waals surface area contributed by atoms with Crippen LogP contribution >= 0.6 is 11.6 Å². The summed E-state index contributed by atoms with van der Waals surface area (Å²) in [6.07, 6.45) is -3.12. The van der Waals surface area contributed by atoms with Crippen molar-refractivity contribution in [1.29, 1.82) is 5.26 Å². The first-order chi connectivity index (χ1) is 14.7. The highest BCUT2D eigenvalue weighted by Crippen LogP contribution is 2.32. The lowest BCUT2D eigenvalue weighted by Gasteiger charge is -2.18. The summed E-state index contributed by atoms with van der Waals surface area (Å²) in [5.41, 5.74) is -0.248. The van der Waals surface area contributed by atoms with Gasteiger partial charge in [-0.3, -0.25) is 0 Å². The van der Waals surface area contributed by atoms with E-state index in [2.05, 4.69) is 20.6 Å². The van der Waals surface area contributed by atoms with Gasteiger partial charge in [-0.05, 0) is 60.1 Å². The molecule has 11 heteroatoms. The third-order valence-electron chi connectivity index (χ3n) is 4.11. The average molecular weight is 447 g/mol. The minimum Gasteiger partial charge on any atom is -0.329 e. The van der Waals surface area contributed by atoms with Crippen LogP contribution in [0.2, 0.25) is 5.28 Å². The van der Waals surface area contributed by atoms with E-state index in [-0.39, 0.29) is 16.5 Å². The first-order valence-corrected chi connectivity index (χ1v) is 9.06. The largest absolute Gasteiger partial charge is 0.416 e. The molecule has 0 radical (unpaired) electrons. The predicted molar refractivity (Wildman–Crippen MR) is 110 cm³/mol. The Hall–Kier alpha value is -3.84. The second kappa shape index (κ2) is 8.89. The van der Waals surface area contributed by atoms with Crippen LogP contribution in [0.5, 0.6) is 0 Å². The van der Waals surface area contributed by atoms with E-state index in [1.54, 1.807) is 48.3 Å². The van der Waals surface area contributed by atoms with Gasteiger partial charge >= 0.3 is 12.2 Å². The smallest absolute Gasteiger partial charge is 0.329 e. The van der Waals surface area contributed by atoms with E-state index < -0.39 is 17.8 Å². The van der Waals surface area contributed by atoms with Crippen molar-refractivity contribution in [3.05, 3.63) is 71.1 Å². The lowest BCUT2D eigenvalue weighted by Crippen LogP contribution is -2.20. The van der Waals surface area contributed by atoms with Gasteiger partial charge in [0, 0.05) is 30.3 Å². The Kier molecular flexibility index (Phi) is 6.27. The highest BCUT2D eigenvalue weighted by Gasteiger charge is 2.31. The summed E-state index contributed by atoms with van der Waals surface area (Å²) in [7, 11) is 1.77. The normalized spacial score (nSPS) is 10.8. The Morgan fingerprint density at radius 1 is 1.10 bits per heavy atom. The number of halogens is 4. The molecule has 0 saturated heterocycles. The maximum atomic E-state index is 13.0. The molecule has 3 rings (SSSR count). The SMILES string of the molecule is CN(c1ccc(NC(=O)Nc2cc(C#N)cc(C(F)(F)F)c2)cc1)c1ccnc(Cl)n1. The standard InChI is InChI=1S/C20H14ClF3N6O/c1-30(17-6-7-26-18(21)29-17)16-4-2-14(3-5-16)27-19(31)28-15-9-12(11-25)8-13(10-15)20(22,23)24/h2-10H,1H3,(H2,27,28,31). The quantitative estimate of drug-likeness (QED) is 0.521. The predicted octanol–water partition coefficient (Wildman–Crippen LogP) is 5.43. The van der Waals surface area contributed by atoms with Crippen LogP contribution in [0.15, 0.2) is 54.7 Å². The van der Waals surface area contributed by atoms with Crippen LogP contribution in [0.3, 0.4) is 0 Å². The first-order valence-electron chi connectivity index (χ1n) is 8.68. The second-order valence-corrected chi connectivity index (χ2v) is 6.62. The van der Waals surface area contributed by atoms with Gasteiger partial charge in [-0.2, -0.15) is 18.4 Å². The molecular formula is C20H14ClF3N6O. The molecule has 0 bridgehead atoms. The Bertz CT molecular complexity index is 1140. The molecule has 158 valence electrons. The van der Waals surface area contributed by atoms with E-state index in [0.29, 0.717) is 17.6 Å². The molecule has 3 aromatic rings. The third-order valence-corrected chi connectivity index (χ3v) is 4.30. The minimum atomic E-state index is -4.64. The second-order valence-electron chi connectivity index (χ2n) is 6.28. The van der Waals surface area contributed by atoms with Crippen molar-refractivity contribution in [2.75, 3.05) is 22.6 Å². The number of rotatable bonds is 4. The maximum absolute atomic E-state index is 13.0. The summed E-state index contributed by atoms with van der Waals surface area (Å²) in [5.74, 6) is 0.566. The van der Waals surface area contributed by atoms with Gasteiger partial charge < -0.3 is 15.5 Å². The monoisotopic (exact) mass is 446 g/mol. The van der Waals surface area contributed by atoms with E-state index in [1.165, 1.54) is 6.20 Å². The molecule has 2 amide bonds. The molecule has 0 unspecified atom stereocenters. The molecule has 0 aliphatic rings. The number of aromatic nitrogens is 2. The lowest BCUT2D eigenvalue weighted by molar-refractivity contribution is -0.137. The number of benzene rings is 2. The number of urea groups is 1. The molecule has 0 aliphatic heterocycles. The van der Waals surface area contributed by atoms with Gasteiger partial charge in [-0.15, -0.1) is 0 Å². The number of amides is 2. The van der Waals surface area contributed by atoms with Crippen LogP contribution in [-0.4, -0.2) is 23.0 Å².